The number of nitrogens with one attached hydrogen (secondary N) is 2. The van der Waals surface area contributed by atoms with Crippen LogP contribution in [0.2, 0.25) is 0 Å². The van der Waals surface area contributed by atoms with Gasteiger partial charge in [-0.25, -0.2) is 4.79 Å². The summed E-state index contributed by atoms with van der Waals surface area (Å²) in [6, 6.07) is 1.85. The summed E-state index contributed by atoms with van der Waals surface area (Å²) in [7, 11) is 0. The van der Waals surface area contributed by atoms with Gasteiger partial charge in [0.05, 0.1) is 13.2 Å². The molecule has 3 heterocycles. The van der Waals surface area contributed by atoms with Crippen molar-refractivity contribution >= 4 is 30.7 Å². The third-order valence-electron chi connectivity index (χ3n) is 5.13. The molecule has 1 amide bonds. The summed E-state index contributed by atoms with van der Waals surface area (Å²) in [6.07, 6.45) is 2.92. The minimum atomic E-state index is -0.531. The SMILES string of the molecule is Cc1cc(C2CCCNC2)oc(=O)c1C(=O)NCCCN1CCOCC1.Cl.Cl. The average Bonchev–Trinajstić information content (AvgIpc) is 2.66. The molecule has 1 aromatic heterocycles. The maximum Gasteiger partial charge on any atom is 0.349 e. The lowest BCUT2D eigenvalue weighted by atomic mass is 9.95. The molecule has 0 aliphatic carbocycles. The fourth-order valence-electron chi connectivity index (χ4n) is 3.62. The van der Waals surface area contributed by atoms with E-state index >= 15 is 0 Å². The Kier molecular flexibility index (Phi) is 11.1. The normalized spacial score (nSPS) is 20.0. The Morgan fingerprint density at radius 1 is 1.32 bits per heavy atom. The molecule has 3 rings (SSSR count). The van der Waals surface area contributed by atoms with Gasteiger partial charge in [-0.3, -0.25) is 9.69 Å². The molecule has 7 nitrogen and oxygen atoms in total. The van der Waals surface area contributed by atoms with E-state index < -0.39 is 5.63 Å². The smallest absolute Gasteiger partial charge is 0.349 e. The van der Waals surface area contributed by atoms with E-state index in [1.807, 2.05) is 6.07 Å². The van der Waals surface area contributed by atoms with Crippen LogP contribution in [0.4, 0.5) is 0 Å². The van der Waals surface area contributed by atoms with Crippen molar-refractivity contribution in [2.24, 2.45) is 0 Å². The van der Waals surface area contributed by atoms with Gasteiger partial charge in [0.2, 0.25) is 0 Å². The van der Waals surface area contributed by atoms with E-state index in [0.29, 0.717) is 17.9 Å². The number of hydrogen-bond donors (Lipinski definition) is 2. The van der Waals surface area contributed by atoms with Crippen molar-refractivity contribution < 1.29 is 13.9 Å². The van der Waals surface area contributed by atoms with E-state index in [-0.39, 0.29) is 42.2 Å². The molecule has 160 valence electrons. The van der Waals surface area contributed by atoms with Crippen molar-refractivity contribution in [1.29, 1.82) is 0 Å². The van der Waals surface area contributed by atoms with E-state index in [1.165, 1.54) is 0 Å². The highest BCUT2D eigenvalue weighted by molar-refractivity contribution is 5.95. The number of nitrogens with zero attached hydrogens (tertiary/aromatic N) is 1. The second kappa shape index (κ2) is 12.4. The van der Waals surface area contributed by atoms with Crippen LogP contribution < -0.4 is 16.3 Å². The Labute approximate surface area is 178 Å². The molecular formula is C19H31Cl2N3O4. The lowest BCUT2D eigenvalue weighted by molar-refractivity contribution is 0.0374. The standard InChI is InChI=1S/C19H29N3O4.2ClH/c1-14-12-16(15-4-2-5-20-13-15)26-19(24)17(14)18(23)21-6-3-7-22-8-10-25-11-9-22;;/h12,15,20H,2-11,13H2,1H3,(H,21,23);2*1H. The first-order valence-electron chi connectivity index (χ1n) is 9.59. The Bertz CT molecular complexity index is 672. The summed E-state index contributed by atoms with van der Waals surface area (Å²) in [5.74, 6) is 0.552. The highest BCUT2D eigenvalue weighted by Gasteiger charge is 2.22. The average molecular weight is 436 g/mol. The lowest BCUT2D eigenvalue weighted by Crippen LogP contribution is -2.38. The zero-order chi connectivity index (χ0) is 18.4. The van der Waals surface area contributed by atoms with E-state index in [2.05, 4.69) is 15.5 Å². The summed E-state index contributed by atoms with van der Waals surface area (Å²) < 4.78 is 10.8. The van der Waals surface area contributed by atoms with Crippen LogP contribution in [0.3, 0.4) is 0 Å². The minimum Gasteiger partial charge on any atom is -0.427 e. The van der Waals surface area contributed by atoms with Crippen LogP contribution >= 0.6 is 24.8 Å². The Balaban J connectivity index is 0.00000196. The largest absolute Gasteiger partial charge is 0.427 e. The molecule has 0 bridgehead atoms. The van der Waals surface area contributed by atoms with Crippen molar-refractivity contribution in [3.8, 4) is 0 Å². The summed E-state index contributed by atoms with van der Waals surface area (Å²) in [6.45, 7) is 8.51. The molecule has 1 unspecified atom stereocenters. The van der Waals surface area contributed by atoms with Crippen LogP contribution in [0.25, 0.3) is 0 Å². The number of morpholine rings is 1. The first-order valence-corrected chi connectivity index (χ1v) is 9.59. The number of carbonyl (C=O) groups is 1. The van der Waals surface area contributed by atoms with Crippen LogP contribution in [0.1, 0.15) is 46.9 Å². The molecule has 0 aromatic carbocycles. The van der Waals surface area contributed by atoms with Gasteiger partial charge in [-0.1, -0.05) is 0 Å². The van der Waals surface area contributed by atoms with Gasteiger partial charge in [0, 0.05) is 32.1 Å². The molecule has 2 aliphatic rings. The first kappa shape index (κ1) is 24.9. The number of ether oxygens (including phenoxy) is 1. The summed E-state index contributed by atoms with van der Waals surface area (Å²) in [4.78, 5) is 27.1. The monoisotopic (exact) mass is 435 g/mol. The van der Waals surface area contributed by atoms with Crippen molar-refractivity contribution in [1.82, 2.24) is 15.5 Å². The van der Waals surface area contributed by atoms with Crippen molar-refractivity contribution in [2.75, 3.05) is 52.5 Å². The van der Waals surface area contributed by atoms with E-state index in [4.69, 9.17) is 9.15 Å². The molecule has 2 aliphatic heterocycles. The molecule has 2 N–H and O–H groups in total. The van der Waals surface area contributed by atoms with Gasteiger partial charge < -0.3 is 19.8 Å². The Hall–Kier alpha value is -1.12. The van der Waals surface area contributed by atoms with Gasteiger partial charge in [0.1, 0.15) is 11.3 Å². The molecular weight excluding hydrogens is 405 g/mol. The van der Waals surface area contributed by atoms with Gasteiger partial charge in [-0.15, -0.1) is 24.8 Å². The van der Waals surface area contributed by atoms with Crippen molar-refractivity contribution in [2.45, 2.75) is 32.1 Å². The summed E-state index contributed by atoms with van der Waals surface area (Å²) >= 11 is 0. The molecule has 0 radical (unpaired) electrons. The Morgan fingerprint density at radius 2 is 2.07 bits per heavy atom. The predicted molar refractivity (Wildman–Crippen MR) is 113 cm³/mol. The lowest BCUT2D eigenvalue weighted by Gasteiger charge is -2.26. The predicted octanol–water partition coefficient (Wildman–Crippen LogP) is 1.71. The number of rotatable bonds is 6. The number of hydrogen-bond acceptors (Lipinski definition) is 6. The molecule has 0 saturated carbocycles. The molecule has 9 heteroatoms. The van der Waals surface area contributed by atoms with Crippen LogP contribution in [0, 0.1) is 6.92 Å². The molecule has 1 aromatic rings. The number of aryl methyl sites for hydroxylation is 1. The second-order valence-corrected chi connectivity index (χ2v) is 7.10. The van der Waals surface area contributed by atoms with Gasteiger partial charge in [-0.2, -0.15) is 0 Å². The fraction of sp³-hybridized carbons (Fsp3) is 0.684. The molecule has 28 heavy (non-hydrogen) atoms. The van der Waals surface area contributed by atoms with E-state index in [9.17, 15) is 9.59 Å². The number of carbonyl (C=O) groups excluding carboxylic acids is 1. The summed E-state index contributed by atoms with van der Waals surface area (Å²) in [5, 5.41) is 6.17. The third kappa shape index (κ3) is 6.74. The topological polar surface area (TPSA) is 83.8 Å². The fourth-order valence-corrected chi connectivity index (χ4v) is 3.62. The number of amides is 1. The quantitative estimate of drug-likeness (QED) is 0.661. The van der Waals surface area contributed by atoms with Crippen LogP contribution in [0.5, 0.6) is 0 Å². The van der Waals surface area contributed by atoms with Crippen molar-refractivity contribution in [3.63, 3.8) is 0 Å². The highest BCUT2D eigenvalue weighted by Crippen LogP contribution is 2.23. The Morgan fingerprint density at radius 3 is 2.71 bits per heavy atom. The molecule has 2 saturated heterocycles. The van der Waals surface area contributed by atoms with Crippen LogP contribution in [0.15, 0.2) is 15.3 Å². The van der Waals surface area contributed by atoms with Gasteiger partial charge in [0.25, 0.3) is 5.91 Å². The van der Waals surface area contributed by atoms with Gasteiger partial charge in [-0.05, 0) is 50.9 Å². The zero-order valence-electron chi connectivity index (χ0n) is 16.3. The number of piperidine rings is 1. The molecule has 2 fully saturated rings. The third-order valence-corrected chi connectivity index (χ3v) is 5.13. The zero-order valence-corrected chi connectivity index (χ0v) is 18.0. The van der Waals surface area contributed by atoms with E-state index in [0.717, 1.165) is 65.2 Å². The van der Waals surface area contributed by atoms with E-state index in [1.54, 1.807) is 6.92 Å². The van der Waals surface area contributed by atoms with Crippen molar-refractivity contribution in [3.05, 3.63) is 33.4 Å². The second-order valence-electron chi connectivity index (χ2n) is 7.10. The first-order chi connectivity index (χ1) is 12.6. The number of halogens is 2. The molecule has 1 atom stereocenters. The maximum atomic E-state index is 12.4. The van der Waals surface area contributed by atoms with Gasteiger partial charge >= 0.3 is 5.63 Å². The molecule has 0 spiro atoms. The minimum absolute atomic E-state index is 0. The maximum absolute atomic E-state index is 12.4. The highest BCUT2D eigenvalue weighted by atomic mass is 35.5. The van der Waals surface area contributed by atoms with Gasteiger partial charge in [0.15, 0.2) is 0 Å². The van der Waals surface area contributed by atoms with Crippen LogP contribution in [-0.4, -0.2) is 63.3 Å². The van der Waals surface area contributed by atoms with Crippen LogP contribution in [-0.2, 0) is 4.74 Å². The summed E-state index contributed by atoms with van der Waals surface area (Å²) in [5.41, 5.74) is 0.285.